The number of nitrogens with zero attached hydrogens (tertiary/aromatic N) is 5. The second kappa shape index (κ2) is 6.77. The summed E-state index contributed by atoms with van der Waals surface area (Å²) < 4.78 is 1.61. The summed E-state index contributed by atoms with van der Waals surface area (Å²) in [4.78, 5) is 34.4. The number of aryl methyl sites for hydroxylation is 1. The van der Waals surface area contributed by atoms with Crippen LogP contribution in [0.15, 0.2) is 24.7 Å². The largest absolute Gasteiger partial charge is 0.351 e. The molecule has 2 aromatic heterocycles. The van der Waals surface area contributed by atoms with Gasteiger partial charge >= 0.3 is 0 Å². The van der Waals surface area contributed by atoms with Gasteiger partial charge in [0.05, 0.1) is 30.0 Å². The summed E-state index contributed by atoms with van der Waals surface area (Å²) in [6.07, 6.45) is 6.70. The molecule has 0 bridgehead atoms. The van der Waals surface area contributed by atoms with Crippen LogP contribution >= 0.6 is 0 Å². The smallest absolute Gasteiger partial charge is 0.257 e. The van der Waals surface area contributed by atoms with Crippen molar-refractivity contribution in [3.8, 4) is 0 Å². The fraction of sp³-hybridized carbons (Fsp3) is 0.438. The molecule has 0 aromatic carbocycles. The summed E-state index contributed by atoms with van der Waals surface area (Å²) in [6.45, 7) is 2.50. The van der Waals surface area contributed by atoms with Gasteiger partial charge in [0, 0.05) is 32.9 Å². The maximum Gasteiger partial charge on any atom is 0.257 e. The average molecular weight is 328 g/mol. The van der Waals surface area contributed by atoms with Gasteiger partial charge in [0.2, 0.25) is 5.91 Å². The Morgan fingerprint density at radius 2 is 2.25 bits per heavy atom. The summed E-state index contributed by atoms with van der Waals surface area (Å²) in [6, 6.07) is 1.62. The van der Waals surface area contributed by atoms with Gasteiger partial charge in [-0.25, -0.2) is 9.97 Å². The molecule has 3 heterocycles. The number of hydrogen-bond acceptors (Lipinski definition) is 5. The molecule has 2 amide bonds. The lowest BCUT2D eigenvalue weighted by Crippen LogP contribution is -2.31. The van der Waals surface area contributed by atoms with Crippen molar-refractivity contribution in [2.45, 2.75) is 32.4 Å². The van der Waals surface area contributed by atoms with E-state index >= 15 is 0 Å². The number of carbonyl (C=O) groups is 2. The minimum absolute atomic E-state index is 0.0542. The molecule has 1 saturated heterocycles. The van der Waals surface area contributed by atoms with Crippen molar-refractivity contribution >= 4 is 11.8 Å². The van der Waals surface area contributed by atoms with Crippen LogP contribution in [0.1, 0.15) is 47.7 Å². The Labute approximate surface area is 139 Å². The van der Waals surface area contributed by atoms with Crippen molar-refractivity contribution in [2.75, 3.05) is 6.54 Å². The molecule has 8 nitrogen and oxygen atoms in total. The highest BCUT2D eigenvalue weighted by Crippen LogP contribution is 2.31. The van der Waals surface area contributed by atoms with E-state index in [9.17, 15) is 9.59 Å². The second-order valence-electron chi connectivity index (χ2n) is 5.88. The minimum Gasteiger partial charge on any atom is -0.351 e. The zero-order valence-electron chi connectivity index (χ0n) is 13.8. The monoisotopic (exact) mass is 328 g/mol. The summed E-state index contributed by atoms with van der Waals surface area (Å²) in [7, 11) is 1.78. The first-order valence-electron chi connectivity index (χ1n) is 7.90. The number of hydrogen-bond donors (Lipinski definition) is 1. The van der Waals surface area contributed by atoms with Crippen LogP contribution in [0.2, 0.25) is 0 Å². The highest BCUT2D eigenvalue weighted by molar-refractivity contribution is 5.94. The van der Waals surface area contributed by atoms with E-state index in [1.807, 2.05) is 0 Å². The lowest BCUT2D eigenvalue weighted by Gasteiger charge is -2.23. The van der Waals surface area contributed by atoms with Crippen molar-refractivity contribution < 1.29 is 9.59 Å². The highest BCUT2D eigenvalue weighted by Gasteiger charge is 2.33. The van der Waals surface area contributed by atoms with E-state index in [1.165, 1.54) is 6.92 Å². The fourth-order valence-corrected chi connectivity index (χ4v) is 2.86. The number of amides is 2. The number of aromatic nitrogens is 4. The summed E-state index contributed by atoms with van der Waals surface area (Å²) in [5.41, 5.74) is 1.30. The van der Waals surface area contributed by atoms with Crippen LogP contribution in [0.5, 0.6) is 0 Å². The fourth-order valence-electron chi connectivity index (χ4n) is 2.86. The topological polar surface area (TPSA) is 93.0 Å². The Morgan fingerprint density at radius 1 is 1.42 bits per heavy atom. The molecule has 1 unspecified atom stereocenters. The van der Waals surface area contributed by atoms with Crippen molar-refractivity contribution in [3.63, 3.8) is 0 Å². The van der Waals surface area contributed by atoms with Crippen molar-refractivity contribution in [2.24, 2.45) is 7.05 Å². The zero-order valence-corrected chi connectivity index (χ0v) is 13.8. The average Bonchev–Trinajstić information content (AvgIpc) is 3.21. The standard InChI is InChI=1S/C16H20N6O2/c1-11(23)18-9-13-5-6-17-15(20-13)14-4-3-7-22(14)16(24)12-8-19-21(2)10-12/h5-6,8,10,14H,3-4,7,9H2,1-2H3,(H,18,23). The van der Waals surface area contributed by atoms with Gasteiger partial charge < -0.3 is 10.2 Å². The minimum atomic E-state index is -0.144. The Hall–Kier alpha value is -2.77. The Kier molecular flexibility index (Phi) is 4.54. The first kappa shape index (κ1) is 16.1. The van der Waals surface area contributed by atoms with Crippen LogP contribution in [0, 0.1) is 0 Å². The van der Waals surface area contributed by atoms with E-state index in [2.05, 4.69) is 20.4 Å². The molecule has 24 heavy (non-hydrogen) atoms. The van der Waals surface area contributed by atoms with E-state index in [1.54, 1.807) is 41.3 Å². The van der Waals surface area contributed by atoms with Crippen LogP contribution in [-0.2, 0) is 18.4 Å². The van der Waals surface area contributed by atoms with Crippen LogP contribution in [0.4, 0.5) is 0 Å². The van der Waals surface area contributed by atoms with E-state index in [4.69, 9.17) is 0 Å². The maximum atomic E-state index is 12.7. The highest BCUT2D eigenvalue weighted by atomic mass is 16.2. The van der Waals surface area contributed by atoms with Crippen LogP contribution in [0.25, 0.3) is 0 Å². The lowest BCUT2D eigenvalue weighted by atomic mass is 10.2. The van der Waals surface area contributed by atoms with Crippen molar-refractivity contribution in [3.05, 3.63) is 41.7 Å². The molecule has 1 aliphatic heterocycles. The molecule has 1 atom stereocenters. The SMILES string of the molecule is CC(=O)NCc1ccnc(C2CCCN2C(=O)c2cnn(C)c2)n1. The third kappa shape index (κ3) is 3.42. The molecule has 0 saturated carbocycles. The molecule has 126 valence electrons. The Bertz CT molecular complexity index is 757. The van der Waals surface area contributed by atoms with Gasteiger partial charge in [-0.3, -0.25) is 14.3 Å². The van der Waals surface area contributed by atoms with E-state index in [0.717, 1.165) is 18.5 Å². The first-order valence-corrected chi connectivity index (χ1v) is 7.90. The molecule has 0 radical (unpaired) electrons. The van der Waals surface area contributed by atoms with E-state index < -0.39 is 0 Å². The molecular weight excluding hydrogens is 308 g/mol. The zero-order chi connectivity index (χ0) is 17.1. The second-order valence-corrected chi connectivity index (χ2v) is 5.88. The molecule has 0 spiro atoms. The quantitative estimate of drug-likeness (QED) is 0.897. The first-order chi connectivity index (χ1) is 11.5. The number of rotatable bonds is 4. The van der Waals surface area contributed by atoms with Crippen molar-refractivity contribution in [1.29, 1.82) is 0 Å². The third-order valence-electron chi connectivity index (χ3n) is 4.01. The lowest BCUT2D eigenvalue weighted by molar-refractivity contribution is -0.119. The molecule has 1 aliphatic rings. The molecule has 1 N–H and O–H groups in total. The van der Waals surface area contributed by atoms with Gasteiger partial charge in [0.15, 0.2) is 5.82 Å². The van der Waals surface area contributed by atoms with Gasteiger partial charge in [-0.15, -0.1) is 0 Å². The van der Waals surface area contributed by atoms with E-state index in [0.29, 0.717) is 24.5 Å². The molecular formula is C16H20N6O2. The number of nitrogens with one attached hydrogen (secondary N) is 1. The van der Waals surface area contributed by atoms with Gasteiger partial charge in [-0.05, 0) is 18.9 Å². The Morgan fingerprint density at radius 3 is 2.96 bits per heavy atom. The summed E-state index contributed by atoms with van der Waals surface area (Å²) in [5.74, 6) is 0.457. The summed E-state index contributed by atoms with van der Waals surface area (Å²) >= 11 is 0. The normalized spacial score (nSPS) is 17.1. The molecule has 0 aliphatic carbocycles. The molecule has 2 aromatic rings. The Balaban J connectivity index is 1.79. The molecule has 1 fully saturated rings. The van der Waals surface area contributed by atoms with Gasteiger partial charge in [0.1, 0.15) is 0 Å². The number of likely N-dealkylation sites (tertiary alicyclic amines) is 1. The van der Waals surface area contributed by atoms with Crippen molar-refractivity contribution in [1.82, 2.24) is 30.0 Å². The maximum absolute atomic E-state index is 12.7. The van der Waals surface area contributed by atoms with Gasteiger partial charge in [0.25, 0.3) is 5.91 Å². The van der Waals surface area contributed by atoms with Crippen LogP contribution < -0.4 is 5.32 Å². The van der Waals surface area contributed by atoms with E-state index in [-0.39, 0.29) is 17.9 Å². The number of carbonyl (C=O) groups excluding carboxylic acids is 2. The molecule has 3 rings (SSSR count). The van der Waals surface area contributed by atoms with Crippen LogP contribution in [-0.4, -0.2) is 43.0 Å². The van der Waals surface area contributed by atoms with Gasteiger partial charge in [-0.2, -0.15) is 5.10 Å². The predicted octanol–water partition coefficient (Wildman–Crippen LogP) is 0.823. The predicted molar refractivity (Wildman–Crippen MR) is 85.8 cm³/mol. The summed E-state index contributed by atoms with van der Waals surface area (Å²) in [5, 5.41) is 6.78. The van der Waals surface area contributed by atoms with Crippen LogP contribution in [0.3, 0.4) is 0 Å². The molecule has 8 heteroatoms. The third-order valence-corrected chi connectivity index (χ3v) is 4.01. The van der Waals surface area contributed by atoms with Gasteiger partial charge in [-0.1, -0.05) is 0 Å².